The minimum atomic E-state index is -0.634. The van der Waals surface area contributed by atoms with Crippen molar-refractivity contribution in [3.8, 4) is 23.0 Å². The van der Waals surface area contributed by atoms with Crippen LogP contribution in [0, 0.1) is 51.4 Å². The smallest absolute Gasteiger partial charge is 0.330 e. The van der Waals surface area contributed by atoms with E-state index in [-0.39, 0.29) is 65.3 Å². The molecule has 0 radical (unpaired) electrons. The molecule has 3 aromatic rings. The van der Waals surface area contributed by atoms with Crippen LogP contribution in [-0.2, 0) is 89.2 Å². The van der Waals surface area contributed by atoms with Crippen molar-refractivity contribution in [2.24, 2.45) is 23.7 Å². The summed E-state index contributed by atoms with van der Waals surface area (Å²) in [5.41, 5.74) is 4.30. The summed E-state index contributed by atoms with van der Waals surface area (Å²) >= 11 is 0. The molecular formula is C60H70O20. The van der Waals surface area contributed by atoms with E-state index in [4.69, 9.17) is 47.4 Å². The fraction of sp³-hybridized carbons (Fsp3) is 0.467. The molecule has 5 rings (SSSR count). The van der Waals surface area contributed by atoms with Gasteiger partial charge >= 0.3 is 59.7 Å². The minimum absolute atomic E-state index is 0.0758. The van der Waals surface area contributed by atoms with E-state index in [0.717, 1.165) is 23.3 Å². The lowest BCUT2D eigenvalue weighted by Gasteiger charge is -2.28. The van der Waals surface area contributed by atoms with Gasteiger partial charge in [0.15, 0.2) is 0 Å². The number of benzene rings is 3. The molecule has 2 fully saturated rings. The number of hydrogen-bond donors (Lipinski definition) is 0. The summed E-state index contributed by atoms with van der Waals surface area (Å²) in [6.45, 7) is 13.4. The highest BCUT2D eigenvalue weighted by atomic mass is 16.6. The van der Waals surface area contributed by atoms with Crippen LogP contribution in [0.15, 0.2) is 73.8 Å². The molecule has 2 aliphatic rings. The molecule has 0 saturated heterocycles. The van der Waals surface area contributed by atoms with Crippen molar-refractivity contribution in [2.45, 2.75) is 118 Å². The second-order valence-corrected chi connectivity index (χ2v) is 19.4. The zero-order valence-corrected chi connectivity index (χ0v) is 45.8. The Morgan fingerprint density at radius 1 is 0.375 bits per heavy atom. The molecular weight excluding hydrogens is 1040 g/mol. The topological polar surface area (TPSA) is 263 Å². The lowest BCUT2D eigenvalue weighted by molar-refractivity contribution is -0.152. The van der Waals surface area contributed by atoms with Crippen molar-refractivity contribution in [2.75, 3.05) is 39.6 Å². The van der Waals surface area contributed by atoms with Crippen LogP contribution in [0.25, 0.3) is 0 Å². The summed E-state index contributed by atoms with van der Waals surface area (Å²) in [5.74, 6) is -5.41. The minimum Gasteiger partial charge on any atom is -0.465 e. The SMILES string of the molecule is C=CC(=O)OCCOC(=O)CCC(=O)OCCc1ccc(OC(=O)C2CCC(C(=O)Oc3c(C)c(C)c(OC(=O)C4CCC(C(=O)Oc5ccc(CCOC(=O)CCC(=O)OCCOC(=O)C=C)cc5)CC4)c(C)c3C)CC2)cc1. The van der Waals surface area contributed by atoms with Crippen LogP contribution in [0.4, 0.5) is 0 Å². The van der Waals surface area contributed by atoms with E-state index in [1.54, 1.807) is 48.5 Å². The van der Waals surface area contributed by atoms with Crippen LogP contribution in [-0.4, -0.2) is 99.3 Å². The van der Waals surface area contributed by atoms with Crippen LogP contribution in [0.5, 0.6) is 23.0 Å². The summed E-state index contributed by atoms with van der Waals surface area (Å²) in [7, 11) is 0. The second kappa shape index (κ2) is 32.0. The maximum absolute atomic E-state index is 13.6. The third-order valence-corrected chi connectivity index (χ3v) is 13.9. The Bertz CT molecular complexity index is 2490. The number of rotatable bonds is 28. The summed E-state index contributed by atoms with van der Waals surface area (Å²) < 4.78 is 53.1. The van der Waals surface area contributed by atoms with Gasteiger partial charge in [-0.1, -0.05) is 37.4 Å². The van der Waals surface area contributed by atoms with Crippen molar-refractivity contribution in [3.63, 3.8) is 0 Å². The average Bonchev–Trinajstić information content (AvgIpc) is 3.47. The van der Waals surface area contributed by atoms with Crippen molar-refractivity contribution in [3.05, 3.63) is 107 Å². The molecule has 2 aliphatic carbocycles. The zero-order chi connectivity index (χ0) is 58.1. The molecule has 20 nitrogen and oxygen atoms in total. The predicted octanol–water partition coefficient (Wildman–Crippen LogP) is 7.83. The van der Waals surface area contributed by atoms with E-state index in [1.165, 1.54) is 0 Å². The van der Waals surface area contributed by atoms with Crippen molar-refractivity contribution in [1.82, 2.24) is 0 Å². The van der Waals surface area contributed by atoms with Gasteiger partial charge in [0.1, 0.15) is 49.4 Å². The van der Waals surface area contributed by atoms with E-state index in [2.05, 4.69) is 13.2 Å². The molecule has 2 saturated carbocycles. The maximum Gasteiger partial charge on any atom is 0.330 e. The van der Waals surface area contributed by atoms with Gasteiger partial charge in [-0.2, -0.15) is 0 Å². The molecule has 0 unspecified atom stereocenters. The molecule has 0 bridgehead atoms. The number of ether oxygens (including phenoxy) is 10. The molecule has 0 N–H and O–H groups in total. The van der Waals surface area contributed by atoms with Gasteiger partial charge in [-0.05, 0) is 137 Å². The lowest BCUT2D eigenvalue weighted by atomic mass is 9.82. The third-order valence-electron chi connectivity index (χ3n) is 13.9. The second-order valence-electron chi connectivity index (χ2n) is 19.4. The molecule has 3 aromatic carbocycles. The van der Waals surface area contributed by atoms with Gasteiger partial charge in [0.2, 0.25) is 0 Å². The number of hydrogen-bond acceptors (Lipinski definition) is 20. The molecule has 0 atom stereocenters. The van der Waals surface area contributed by atoms with Gasteiger partial charge in [0, 0.05) is 25.0 Å². The predicted molar refractivity (Wildman–Crippen MR) is 284 cm³/mol. The molecule has 80 heavy (non-hydrogen) atoms. The first-order valence-electron chi connectivity index (χ1n) is 26.7. The van der Waals surface area contributed by atoms with E-state index < -0.39 is 83.4 Å². The molecule has 0 aromatic heterocycles. The largest absolute Gasteiger partial charge is 0.465 e. The Kier molecular flexibility index (Phi) is 25.1. The number of carbonyl (C=O) groups is 10. The summed E-state index contributed by atoms with van der Waals surface area (Å²) in [5, 5.41) is 0. The molecule has 0 aliphatic heterocycles. The zero-order valence-electron chi connectivity index (χ0n) is 45.8. The summed E-state index contributed by atoms with van der Waals surface area (Å²) in [6.07, 6.45) is 5.53. The van der Waals surface area contributed by atoms with Gasteiger partial charge < -0.3 is 47.4 Å². The molecule has 0 heterocycles. The molecule has 0 spiro atoms. The first-order valence-corrected chi connectivity index (χ1v) is 26.7. The number of esters is 10. The van der Waals surface area contributed by atoms with E-state index >= 15 is 0 Å². The summed E-state index contributed by atoms with van der Waals surface area (Å²) in [6, 6.07) is 13.6. The fourth-order valence-corrected chi connectivity index (χ4v) is 8.87. The third kappa shape index (κ3) is 20.3. The van der Waals surface area contributed by atoms with Gasteiger partial charge in [-0.3, -0.25) is 38.4 Å². The Hall–Kier alpha value is -8.16. The quantitative estimate of drug-likeness (QED) is 0.0220. The summed E-state index contributed by atoms with van der Waals surface area (Å²) in [4.78, 5) is 123. The van der Waals surface area contributed by atoms with Crippen LogP contribution in [0.3, 0.4) is 0 Å². The Labute approximate surface area is 464 Å². The first kappa shape index (κ1) is 62.7. The van der Waals surface area contributed by atoms with Gasteiger partial charge in [-0.15, -0.1) is 0 Å². The van der Waals surface area contributed by atoms with Crippen LogP contribution in [0.2, 0.25) is 0 Å². The van der Waals surface area contributed by atoms with Gasteiger partial charge in [0.05, 0.1) is 62.6 Å². The number of carbonyl (C=O) groups excluding carboxylic acids is 10. The molecule has 430 valence electrons. The molecule has 20 heteroatoms. The molecule has 0 amide bonds. The highest BCUT2D eigenvalue weighted by Crippen LogP contribution is 2.40. The van der Waals surface area contributed by atoms with E-state index in [9.17, 15) is 47.9 Å². The van der Waals surface area contributed by atoms with Gasteiger partial charge in [0.25, 0.3) is 0 Å². The van der Waals surface area contributed by atoms with E-state index in [0.29, 0.717) is 109 Å². The maximum atomic E-state index is 13.6. The fourth-order valence-electron chi connectivity index (χ4n) is 8.87. The Balaban J connectivity index is 0.971. The Morgan fingerprint density at radius 3 is 0.900 bits per heavy atom. The average molecular weight is 1110 g/mol. The van der Waals surface area contributed by atoms with E-state index in [1.807, 2.05) is 27.7 Å². The van der Waals surface area contributed by atoms with Crippen LogP contribution < -0.4 is 18.9 Å². The van der Waals surface area contributed by atoms with Gasteiger partial charge in [-0.25, -0.2) is 9.59 Å². The standard InChI is InChI=1S/C60H70O20/c1-7-49(61)73-33-35-75-53(65)27-25-51(63)71-31-29-41-9-21-47(22-10-41)77-57(67)43-13-17-45(18-14-43)59(69)79-55-37(3)39(5)56(40(6)38(55)4)80-60(70)46-19-15-44(16-20-46)58(68)78-48-23-11-42(12-24-48)30-32-72-52(64)26-28-54(66)76-36-34-74-50(62)8-2/h7-12,21-24,43-46H,1-2,13-20,25-36H2,3-6H3. The first-order chi connectivity index (χ1) is 38.3. The highest BCUT2D eigenvalue weighted by Gasteiger charge is 2.35. The van der Waals surface area contributed by atoms with Crippen molar-refractivity contribution in [1.29, 1.82) is 0 Å². The Morgan fingerprint density at radius 2 is 0.625 bits per heavy atom. The lowest BCUT2D eigenvalue weighted by Crippen LogP contribution is -2.31. The highest BCUT2D eigenvalue weighted by molar-refractivity contribution is 5.83. The normalized spacial score (nSPS) is 16.6. The van der Waals surface area contributed by atoms with Crippen LogP contribution >= 0.6 is 0 Å². The van der Waals surface area contributed by atoms with Crippen LogP contribution in [0.1, 0.15) is 110 Å². The van der Waals surface area contributed by atoms with Crippen molar-refractivity contribution < 1.29 is 95.3 Å². The van der Waals surface area contributed by atoms with Crippen molar-refractivity contribution >= 4 is 59.7 Å². The monoisotopic (exact) mass is 1110 g/mol.